The molecular formula is C13H9BrClF3N2. The lowest BCUT2D eigenvalue weighted by Crippen LogP contribution is -2.11. The number of benzene rings is 1. The van der Waals surface area contributed by atoms with Crippen molar-refractivity contribution in [3.8, 4) is 0 Å². The van der Waals surface area contributed by atoms with Crippen LogP contribution >= 0.6 is 27.5 Å². The highest BCUT2D eigenvalue weighted by Gasteiger charge is 2.34. The van der Waals surface area contributed by atoms with Gasteiger partial charge in [0.15, 0.2) is 0 Å². The van der Waals surface area contributed by atoms with Crippen LogP contribution in [-0.4, -0.2) is 4.98 Å². The van der Waals surface area contributed by atoms with Gasteiger partial charge in [-0.25, -0.2) is 0 Å². The topological polar surface area (TPSA) is 24.9 Å². The van der Waals surface area contributed by atoms with E-state index in [1.54, 1.807) is 18.5 Å². The summed E-state index contributed by atoms with van der Waals surface area (Å²) in [5.41, 5.74) is -0.165. The van der Waals surface area contributed by atoms with Crippen molar-refractivity contribution in [2.45, 2.75) is 12.7 Å². The SMILES string of the molecule is FC(F)(F)c1cccc(Cl)c1NCc1cncc(Br)c1. The predicted molar refractivity (Wildman–Crippen MR) is 75.7 cm³/mol. The molecule has 0 aliphatic rings. The molecule has 2 rings (SSSR count). The van der Waals surface area contributed by atoms with E-state index in [1.807, 2.05) is 0 Å². The number of aromatic nitrogens is 1. The Labute approximate surface area is 127 Å². The van der Waals surface area contributed by atoms with Crippen molar-refractivity contribution in [2.24, 2.45) is 0 Å². The fourth-order valence-electron chi connectivity index (χ4n) is 1.68. The number of alkyl halides is 3. The number of hydrogen-bond donors (Lipinski definition) is 1. The molecule has 1 heterocycles. The highest BCUT2D eigenvalue weighted by atomic mass is 79.9. The third-order valence-corrected chi connectivity index (χ3v) is 3.30. The first-order valence-electron chi connectivity index (χ1n) is 5.57. The Kier molecular flexibility index (Phi) is 4.55. The molecule has 0 saturated carbocycles. The van der Waals surface area contributed by atoms with E-state index < -0.39 is 11.7 Å². The Bertz CT molecular complexity index is 617. The minimum Gasteiger partial charge on any atom is -0.379 e. The number of anilines is 1. The number of para-hydroxylation sites is 1. The number of pyridine rings is 1. The molecule has 0 spiro atoms. The van der Waals surface area contributed by atoms with Crippen molar-refractivity contribution < 1.29 is 13.2 Å². The second kappa shape index (κ2) is 6.01. The molecule has 2 nitrogen and oxygen atoms in total. The first-order valence-corrected chi connectivity index (χ1v) is 6.74. The van der Waals surface area contributed by atoms with E-state index in [0.29, 0.717) is 0 Å². The number of nitrogens with zero attached hydrogens (tertiary/aromatic N) is 1. The summed E-state index contributed by atoms with van der Waals surface area (Å²) in [5, 5.41) is 2.75. The minimum atomic E-state index is -4.46. The van der Waals surface area contributed by atoms with Crippen LogP contribution in [0.3, 0.4) is 0 Å². The van der Waals surface area contributed by atoms with Gasteiger partial charge in [-0.05, 0) is 39.7 Å². The number of hydrogen-bond acceptors (Lipinski definition) is 2. The molecule has 1 aromatic carbocycles. The lowest BCUT2D eigenvalue weighted by molar-refractivity contribution is -0.136. The van der Waals surface area contributed by atoms with Gasteiger partial charge < -0.3 is 5.32 Å². The average Bonchev–Trinajstić information content (AvgIpc) is 2.36. The van der Waals surface area contributed by atoms with Gasteiger partial charge in [-0.1, -0.05) is 17.7 Å². The maximum Gasteiger partial charge on any atom is 0.418 e. The molecule has 0 amide bonds. The van der Waals surface area contributed by atoms with Crippen LogP contribution in [0.25, 0.3) is 0 Å². The lowest BCUT2D eigenvalue weighted by atomic mass is 10.1. The fourth-order valence-corrected chi connectivity index (χ4v) is 2.34. The zero-order valence-electron chi connectivity index (χ0n) is 10.0. The summed E-state index contributed by atoms with van der Waals surface area (Å²) in [7, 11) is 0. The number of rotatable bonds is 3. The summed E-state index contributed by atoms with van der Waals surface area (Å²) in [4.78, 5) is 3.95. The summed E-state index contributed by atoms with van der Waals surface area (Å²) in [6.45, 7) is 0.194. The van der Waals surface area contributed by atoms with Gasteiger partial charge in [-0.3, -0.25) is 4.98 Å². The molecule has 1 N–H and O–H groups in total. The van der Waals surface area contributed by atoms with Crippen molar-refractivity contribution >= 4 is 33.2 Å². The van der Waals surface area contributed by atoms with E-state index in [0.717, 1.165) is 16.1 Å². The third-order valence-electron chi connectivity index (χ3n) is 2.55. The quantitative estimate of drug-likeness (QED) is 0.816. The fraction of sp³-hybridized carbons (Fsp3) is 0.154. The third kappa shape index (κ3) is 3.64. The van der Waals surface area contributed by atoms with Crippen LogP contribution in [-0.2, 0) is 12.7 Å². The standard InChI is InChI=1S/C13H9BrClF3N2/c14-9-4-8(5-19-7-9)6-20-12-10(13(16,17)18)2-1-3-11(12)15/h1-5,7,20H,6H2. The van der Waals surface area contributed by atoms with Crippen molar-refractivity contribution in [2.75, 3.05) is 5.32 Å². The van der Waals surface area contributed by atoms with Gasteiger partial charge in [0, 0.05) is 23.4 Å². The highest BCUT2D eigenvalue weighted by molar-refractivity contribution is 9.10. The number of halogens is 5. The summed E-state index contributed by atoms with van der Waals surface area (Å²) >= 11 is 9.10. The Hall–Kier alpha value is -1.27. The maximum absolute atomic E-state index is 12.9. The van der Waals surface area contributed by atoms with Gasteiger partial charge in [0.1, 0.15) is 0 Å². The van der Waals surface area contributed by atoms with Crippen molar-refractivity contribution in [3.63, 3.8) is 0 Å². The molecule has 2 aromatic rings. The first kappa shape index (κ1) is 15.1. The molecule has 0 atom stereocenters. The number of nitrogens with one attached hydrogen (secondary N) is 1. The van der Waals surface area contributed by atoms with Gasteiger partial charge in [0.2, 0.25) is 0 Å². The smallest absolute Gasteiger partial charge is 0.379 e. The molecular weight excluding hydrogens is 357 g/mol. The van der Waals surface area contributed by atoms with E-state index in [4.69, 9.17) is 11.6 Å². The first-order chi connectivity index (χ1) is 9.38. The van der Waals surface area contributed by atoms with E-state index in [9.17, 15) is 13.2 Å². The molecule has 106 valence electrons. The lowest BCUT2D eigenvalue weighted by Gasteiger charge is -2.16. The van der Waals surface area contributed by atoms with Crippen LogP contribution < -0.4 is 5.32 Å². The van der Waals surface area contributed by atoms with E-state index in [2.05, 4.69) is 26.2 Å². The van der Waals surface area contributed by atoms with E-state index in [1.165, 1.54) is 12.1 Å². The Morgan fingerprint density at radius 3 is 2.65 bits per heavy atom. The highest BCUT2D eigenvalue weighted by Crippen LogP contribution is 2.38. The molecule has 0 aliphatic heterocycles. The molecule has 0 radical (unpaired) electrons. The summed E-state index contributed by atoms with van der Waals surface area (Å²) in [5.74, 6) is 0. The van der Waals surface area contributed by atoms with Crippen molar-refractivity contribution in [3.05, 3.63) is 57.3 Å². The zero-order valence-corrected chi connectivity index (χ0v) is 12.4. The summed E-state index contributed by atoms with van der Waals surface area (Å²) in [6.07, 6.45) is -1.29. The second-order valence-corrected chi connectivity index (χ2v) is 5.35. The molecule has 0 unspecified atom stereocenters. The van der Waals surface area contributed by atoms with Crippen LogP contribution in [0.2, 0.25) is 5.02 Å². The summed E-state index contributed by atoms with van der Waals surface area (Å²) < 4.78 is 39.5. The molecule has 0 saturated heterocycles. The van der Waals surface area contributed by atoms with Crippen molar-refractivity contribution in [1.29, 1.82) is 0 Å². The van der Waals surface area contributed by atoms with Gasteiger partial charge in [-0.2, -0.15) is 13.2 Å². The summed E-state index contributed by atoms with van der Waals surface area (Å²) in [6, 6.07) is 5.45. The van der Waals surface area contributed by atoms with Crippen LogP contribution in [0.4, 0.5) is 18.9 Å². The average molecular weight is 366 g/mol. The normalized spacial score (nSPS) is 11.4. The largest absolute Gasteiger partial charge is 0.418 e. The van der Waals surface area contributed by atoms with E-state index in [-0.39, 0.29) is 17.3 Å². The molecule has 0 fully saturated rings. The zero-order chi connectivity index (χ0) is 14.8. The van der Waals surface area contributed by atoms with Gasteiger partial charge in [0.25, 0.3) is 0 Å². The van der Waals surface area contributed by atoms with Crippen LogP contribution in [0.1, 0.15) is 11.1 Å². The molecule has 0 aliphatic carbocycles. The molecule has 7 heteroatoms. The molecule has 0 bridgehead atoms. The second-order valence-electron chi connectivity index (χ2n) is 4.03. The van der Waals surface area contributed by atoms with Gasteiger partial charge in [-0.15, -0.1) is 0 Å². The molecule has 1 aromatic heterocycles. The monoisotopic (exact) mass is 364 g/mol. The van der Waals surface area contributed by atoms with Crippen LogP contribution in [0.5, 0.6) is 0 Å². The Morgan fingerprint density at radius 1 is 1.25 bits per heavy atom. The van der Waals surface area contributed by atoms with Crippen LogP contribution in [0, 0.1) is 0 Å². The van der Waals surface area contributed by atoms with Crippen molar-refractivity contribution in [1.82, 2.24) is 4.98 Å². The predicted octanol–water partition coefficient (Wildman–Crippen LogP) is 5.13. The maximum atomic E-state index is 12.9. The Morgan fingerprint density at radius 2 is 2.00 bits per heavy atom. The van der Waals surface area contributed by atoms with Crippen LogP contribution in [0.15, 0.2) is 41.1 Å². The van der Waals surface area contributed by atoms with E-state index >= 15 is 0 Å². The van der Waals surface area contributed by atoms with Gasteiger partial charge in [0.05, 0.1) is 16.3 Å². The minimum absolute atomic E-state index is 0.0304. The Balaban J connectivity index is 2.25. The molecule has 20 heavy (non-hydrogen) atoms. The van der Waals surface area contributed by atoms with Gasteiger partial charge >= 0.3 is 6.18 Å².